The molecular weight excluding hydrogens is 443 g/mol. The smallest absolute Gasteiger partial charge is 0.244 e. The van der Waals surface area contributed by atoms with E-state index in [-0.39, 0.29) is 12.3 Å². The number of fused-ring (bicyclic) bond motifs is 1. The summed E-state index contributed by atoms with van der Waals surface area (Å²) in [5.74, 6) is 0.533. The summed E-state index contributed by atoms with van der Waals surface area (Å²) in [4.78, 5) is 12.3. The van der Waals surface area contributed by atoms with Crippen LogP contribution in [-0.4, -0.2) is 12.1 Å². The molecule has 4 nitrogen and oxygen atoms in total. The average Bonchev–Trinajstić information content (AvgIpc) is 2.80. The van der Waals surface area contributed by atoms with Gasteiger partial charge in [0.2, 0.25) is 5.91 Å². The van der Waals surface area contributed by atoms with Gasteiger partial charge in [-0.3, -0.25) is 4.79 Å². The van der Waals surface area contributed by atoms with Gasteiger partial charge in [-0.25, -0.2) is 5.43 Å². The molecule has 0 saturated heterocycles. The number of nitrogens with zero attached hydrogens (tertiary/aromatic N) is 1. The summed E-state index contributed by atoms with van der Waals surface area (Å²) in [6.07, 6.45) is 1.86. The SMILES string of the molecule is O=C(Cc1cccc2ccccc12)N/N=C\c1ccc(OCc2ccc(Cl)cc2Cl)cc1. The van der Waals surface area contributed by atoms with Crippen molar-refractivity contribution in [3.05, 3.63) is 112 Å². The number of nitrogens with one attached hydrogen (secondary N) is 1. The molecule has 4 aromatic rings. The van der Waals surface area contributed by atoms with E-state index < -0.39 is 0 Å². The second kappa shape index (κ2) is 10.3. The molecule has 0 saturated carbocycles. The van der Waals surface area contributed by atoms with E-state index in [1.54, 1.807) is 18.3 Å². The largest absolute Gasteiger partial charge is 0.489 e. The first-order valence-electron chi connectivity index (χ1n) is 10.0. The van der Waals surface area contributed by atoms with Crippen LogP contribution in [0.3, 0.4) is 0 Å². The van der Waals surface area contributed by atoms with E-state index in [4.69, 9.17) is 27.9 Å². The molecule has 0 aliphatic heterocycles. The highest BCUT2D eigenvalue weighted by Gasteiger charge is 2.06. The molecule has 0 heterocycles. The van der Waals surface area contributed by atoms with Crippen molar-refractivity contribution in [3.8, 4) is 5.75 Å². The van der Waals surface area contributed by atoms with Gasteiger partial charge in [-0.05, 0) is 58.3 Å². The maximum Gasteiger partial charge on any atom is 0.244 e. The Hall–Kier alpha value is -3.34. The lowest BCUT2D eigenvalue weighted by molar-refractivity contribution is -0.120. The average molecular weight is 463 g/mol. The van der Waals surface area contributed by atoms with Crippen molar-refractivity contribution in [1.29, 1.82) is 0 Å². The van der Waals surface area contributed by atoms with Crippen molar-refractivity contribution in [2.45, 2.75) is 13.0 Å². The first-order chi connectivity index (χ1) is 15.6. The predicted octanol–water partition coefficient (Wildman–Crippen LogP) is 6.42. The zero-order valence-corrected chi connectivity index (χ0v) is 18.6. The summed E-state index contributed by atoms with van der Waals surface area (Å²) in [6, 6.07) is 26.7. The van der Waals surface area contributed by atoms with Gasteiger partial charge in [-0.2, -0.15) is 5.10 Å². The molecule has 160 valence electrons. The minimum absolute atomic E-state index is 0.169. The highest BCUT2D eigenvalue weighted by molar-refractivity contribution is 6.35. The van der Waals surface area contributed by atoms with Crippen LogP contribution in [-0.2, 0) is 17.8 Å². The second-order valence-corrected chi connectivity index (χ2v) is 8.05. The molecule has 0 atom stereocenters. The van der Waals surface area contributed by atoms with Gasteiger partial charge in [0.15, 0.2) is 0 Å². The van der Waals surface area contributed by atoms with E-state index in [1.807, 2.05) is 72.8 Å². The third kappa shape index (κ3) is 5.67. The van der Waals surface area contributed by atoms with Crippen molar-refractivity contribution >= 4 is 46.1 Å². The lowest BCUT2D eigenvalue weighted by atomic mass is 10.0. The van der Waals surface area contributed by atoms with Crippen molar-refractivity contribution in [1.82, 2.24) is 5.43 Å². The van der Waals surface area contributed by atoms with Gasteiger partial charge in [-0.15, -0.1) is 0 Å². The minimum Gasteiger partial charge on any atom is -0.489 e. The summed E-state index contributed by atoms with van der Waals surface area (Å²) < 4.78 is 5.77. The highest BCUT2D eigenvalue weighted by Crippen LogP contribution is 2.23. The van der Waals surface area contributed by atoms with E-state index in [1.165, 1.54) is 0 Å². The van der Waals surface area contributed by atoms with Gasteiger partial charge in [0.25, 0.3) is 0 Å². The third-order valence-corrected chi connectivity index (χ3v) is 5.51. The number of hydrazone groups is 1. The normalized spacial score (nSPS) is 11.1. The lowest BCUT2D eigenvalue weighted by Crippen LogP contribution is -2.19. The van der Waals surface area contributed by atoms with Gasteiger partial charge in [-0.1, -0.05) is 71.7 Å². The van der Waals surface area contributed by atoms with Gasteiger partial charge in [0.1, 0.15) is 12.4 Å². The number of benzene rings is 4. The Kier molecular flexibility index (Phi) is 7.05. The van der Waals surface area contributed by atoms with E-state index in [9.17, 15) is 4.79 Å². The molecule has 4 rings (SSSR count). The number of amides is 1. The van der Waals surface area contributed by atoms with Crippen molar-refractivity contribution < 1.29 is 9.53 Å². The first kappa shape index (κ1) is 21.9. The number of halogens is 2. The van der Waals surface area contributed by atoms with Crippen LogP contribution in [0.1, 0.15) is 16.7 Å². The van der Waals surface area contributed by atoms with Gasteiger partial charge < -0.3 is 4.74 Å². The lowest BCUT2D eigenvalue weighted by Gasteiger charge is -2.08. The van der Waals surface area contributed by atoms with E-state index in [0.29, 0.717) is 22.4 Å². The second-order valence-electron chi connectivity index (χ2n) is 7.20. The standard InChI is InChI=1S/C26H20Cl2N2O2/c27-22-11-10-21(25(28)15-22)17-32-23-12-8-18(9-13-23)16-29-30-26(31)14-20-6-3-5-19-4-1-2-7-24(19)20/h1-13,15-16H,14,17H2,(H,30,31)/b29-16-. The maximum absolute atomic E-state index is 12.3. The number of hydrogen-bond acceptors (Lipinski definition) is 3. The van der Waals surface area contributed by atoms with Crippen LogP contribution >= 0.6 is 23.2 Å². The molecule has 0 spiro atoms. The number of ether oxygens (including phenoxy) is 1. The number of carbonyl (C=O) groups is 1. The summed E-state index contributed by atoms with van der Waals surface area (Å²) in [5, 5.41) is 7.41. The molecule has 1 N–H and O–H groups in total. The summed E-state index contributed by atoms with van der Waals surface area (Å²) in [5.41, 5.74) is 5.26. The summed E-state index contributed by atoms with van der Waals surface area (Å²) >= 11 is 12.1. The van der Waals surface area contributed by atoms with Crippen LogP contribution in [0.5, 0.6) is 5.75 Å². The molecule has 0 fully saturated rings. The van der Waals surface area contributed by atoms with Crippen LogP contribution in [0.15, 0.2) is 90.0 Å². The van der Waals surface area contributed by atoms with Crippen molar-refractivity contribution in [2.24, 2.45) is 5.10 Å². The van der Waals surface area contributed by atoms with Crippen LogP contribution < -0.4 is 10.2 Å². The zero-order valence-electron chi connectivity index (χ0n) is 17.1. The first-order valence-corrected chi connectivity index (χ1v) is 10.8. The van der Waals surface area contributed by atoms with Crippen LogP contribution in [0.4, 0.5) is 0 Å². The van der Waals surface area contributed by atoms with Crippen molar-refractivity contribution in [2.75, 3.05) is 0 Å². The minimum atomic E-state index is -0.169. The summed E-state index contributed by atoms with van der Waals surface area (Å²) in [7, 11) is 0. The predicted molar refractivity (Wildman–Crippen MR) is 131 cm³/mol. The monoisotopic (exact) mass is 462 g/mol. The fourth-order valence-corrected chi connectivity index (χ4v) is 3.75. The van der Waals surface area contributed by atoms with Gasteiger partial charge in [0.05, 0.1) is 12.6 Å². The topological polar surface area (TPSA) is 50.7 Å². The molecule has 32 heavy (non-hydrogen) atoms. The molecule has 0 bridgehead atoms. The number of hydrogen-bond donors (Lipinski definition) is 1. The quantitative estimate of drug-likeness (QED) is 0.254. The van der Waals surface area contributed by atoms with Gasteiger partial charge in [0, 0.05) is 15.6 Å². The Morgan fingerprint density at radius 2 is 1.69 bits per heavy atom. The Morgan fingerprint density at radius 1 is 0.906 bits per heavy atom. The van der Waals surface area contributed by atoms with Crippen LogP contribution in [0.2, 0.25) is 10.0 Å². The molecular formula is C26H20Cl2N2O2. The molecule has 0 radical (unpaired) electrons. The van der Waals surface area contributed by atoms with Crippen molar-refractivity contribution in [3.63, 3.8) is 0 Å². The van der Waals surface area contributed by atoms with Gasteiger partial charge >= 0.3 is 0 Å². The number of carbonyl (C=O) groups excluding carboxylic acids is 1. The fraction of sp³-hybridized carbons (Fsp3) is 0.0769. The van der Waals surface area contributed by atoms with E-state index in [2.05, 4.69) is 10.5 Å². The Bertz CT molecular complexity index is 1270. The molecule has 4 aromatic carbocycles. The van der Waals surface area contributed by atoms with Crippen LogP contribution in [0.25, 0.3) is 10.8 Å². The molecule has 1 amide bonds. The van der Waals surface area contributed by atoms with E-state index in [0.717, 1.165) is 27.5 Å². The summed E-state index contributed by atoms with van der Waals surface area (Å²) in [6.45, 7) is 0.341. The Labute approximate surface area is 196 Å². The zero-order chi connectivity index (χ0) is 22.3. The molecule has 0 unspecified atom stereocenters. The Morgan fingerprint density at radius 3 is 2.50 bits per heavy atom. The van der Waals surface area contributed by atoms with Crippen LogP contribution in [0, 0.1) is 0 Å². The fourth-order valence-electron chi connectivity index (χ4n) is 3.29. The maximum atomic E-state index is 12.3. The molecule has 0 aliphatic carbocycles. The molecule has 0 aliphatic rings. The third-order valence-electron chi connectivity index (χ3n) is 4.92. The highest BCUT2D eigenvalue weighted by atomic mass is 35.5. The Balaban J connectivity index is 1.30. The number of rotatable bonds is 7. The van der Waals surface area contributed by atoms with E-state index >= 15 is 0 Å². The molecule has 0 aromatic heterocycles. The molecule has 6 heteroatoms.